The van der Waals surface area contributed by atoms with Gasteiger partial charge in [-0.25, -0.2) is 4.99 Å². The molecule has 0 atom stereocenters. The molecule has 1 aromatic heterocycles. The second-order valence-electron chi connectivity index (χ2n) is 6.27. The van der Waals surface area contributed by atoms with Gasteiger partial charge in [-0.3, -0.25) is 0 Å². The Morgan fingerprint density at radius 1 is 1.17 bits per heavy atom. The lowest BCUT2D eigenvalue weighted by molar-refractivity contribution is 0.232. The lowest BCUT2D eigenvalue weighted by Crippen LogP contribution is -2.42. The van der Waals surface area contributed by atoms with E-state index in [-0.39, 0.29) is 0 Å². The molecule has 1 aliphatic heterocycles. The van der Waals surface area contributed by atoms with Gasteiger partial charge in [-0.05, 0) is 45.0 Å². The number of hydrogen-bond donors (Lipinski definition) is 2. The van der Waals surface area contributed by atoms with Crippen molar-refractivity contribution in [2.45, 2.75) is 32.7 Å². The number of aliphatic imine (C=N–C) groups is 1. The first-order valence-corrected chi connectivity index (χ1v) is 9.07. The van der Waals surface area contributed by atoms with E-state index >= 15 is 0 Å². The van der Waals surface area contributed by atoms with E-state index in [2.05, 4.69) is 39.6 Å². The van der Waals surface area contributed by atoms with Crippen molar-refractivity contribution in [1.29, 1.82) is 0 Å². The van der Waals surface area contributed by atoms with Crippen LogP contribution in [0.1, 0.15) is 31.9 Å². The number of benzene rings is 1. The van der Waals surface area contributed by atoms with Gasteiger partial charge in [0.15, 0.2) is 5.96 Å². The van der Waals surface area contributed by atoms with Gasteiger partial charge in [0, 0.05) is 25.0 Å². The summed E-state index contributed by atoms with van der Waals surface area (Å²) in [6, 6.07) is 10.1. The molecule has 3 rings (SSSR count). The van der Waals surface area contributed by atoms with E-state index in [1.54, 1.807) is 0 Å². The van der Waals surface area contributed by atoms with Gasteiger partial charge in [-0.2, -0.15) is 0 Å². The van der Waals surface area contributed by atoms with Crippen LogP contribution in [0.5, 0.6) is 0 Å². The van der Waals surface area contributed by atoms with Gasteiger partial charge >= 0.3 is 0 Å². The van der Waals surface area contributed by atoms with E-state index < -0.39 is 0 Å². The van der Waals surface area contributed by atoms with Gasteiger partial charge in [-0.15, -0.1) is 0 Å². The maximum absolute atomic E-state index is 5.83. The van der Waals surface area contributed by atoms with Crippen LogP contribution in [0.15, 0.2) is 39.7 Å². The molecule has 5 nitrogen and oxygen atoms in total. The first kappa shape index (κ1) is 16.8. The molecule has 2 heterocycles. The summed E-state index contributed by atoms with van der Waals surface area (Å²) in [6.07, 6.45) is 4.05. The summed E-state index contributed by atoms with van der Waals surface area (Å²) in [4.78, 5) is 7.17. The van der Waals surface area contributed by atoms with Crippen LogP contribution in [-0.4, -0.2) is 43.6 Å². The lowest BCUT2D eigenvalue weighted by Gasteiger charge is -2.26. The van der Waals surface area contributed by atoms with Crippen LogP contribution in [0, 0.1) is 0 Å². The van der Waals surface area contributed by atoms with Crippen molar-refractivity contribution in [3.05, 3.63) is 36.1 Å². The third-order valence-corrected chi connectivity index (χ3v) is 4.38. The molecule has 0 aliphatic carbocycles. The first-order chi connectivity index (χ1) is 11.8. The summed E-state index contributed by atoms with van der Waals surface area (Å²) < 4.78 is 5.83. The lowest BCUT2D eigenvalue weighted by atomic mass is 10.1. The monoisotopic (exact) mass is 328 g/mol. The molecule has 0 spiro atoms. The fraction of sp³-hybridized carbons (Fsp3) is 0.526. The molecule has 1 aromatic carbocycles. The average Bonchev–Trinajstić information content (AvgIpc) is 3.03. The zero-order valence-corrected chi connectivity index (χ0v) is 14.6. The predicted octanol–water partition coefficient (Wildman–Crippen LogP) is 2.97. The SMILES string of the molecule is CCNC(=NCc1cc2ccccc2o1)NCCN1CCCCC1. The maximum atomic E-state index is 5.83. The second kappa shape index (κ2) is 8.73. The summed E-state index contributed by atoms with van der Waals surface area (Å²) in [7, 11) is 0. The number of para-hydroxylation sites is 1. The van der Waals surface area contributed by atoms with Crippen molar-refractivity contribution in [2.24, 2.45) is 4.99 Å². The molecular weight excluding hydrogens is 300 g/mol. The summed E-state index contributed by atoms with van der Waals surface area (Å²) in [5, 5.41) is 7.86. The van der Waals surface area contributed by atoms with Crippen molar-refractivity contribution in [3.63, 3.8) is 0 Å². The van der Waals surface area contributed by atoms with Crippen LogP contribution in [0.2, 0.25) is 0 Å². The molecule has 0 amide bonds. The van der Waals surface area contributed by atoms with E-state index in [1.807, 2.05) is 18.2 Å². The van der Waals surface area contributed by atoms with Crippen molar-refractivity contribution in [3.8, 4) is 0 Å². The molecule has 1 saturated heterocycles. The smallest absolute Gasteiger partial charge is 0.191 e. The molecule has 0 saturated carbocycles. The molecule has 1 aliphatic rings. The Kier molecular flexibility index (Phi) is 6.13. The largest absolute Gasteiger partial charge is 0.459 e. The number of hydrogen-bond acceptors (Lipinski definition) is 3. The van der Waals surface area contributed by atoms with Crippen molar-refractivity contribution in [1.82, 2.24) is 15.5 Å². The molecule has 0 unspecified atom stereocenters. The van der Waals surface area contributed by atoms with E-state index in [1.165, 1.54) is 32.4 Å². The Hall–Kier alpha value is -2.01. The highest BCUT2D eigenvalue weighted by Gasteiger charge is 2.09. The fourth-order valence-corrected chi connectivity index (χ4v) is 3.13. The third-order valence-electron chi connectivity index (χ3n) is 4.38. The van der Waals surface area contributed by atoms with Crippen LogP contribution in [0.3, 0.4) is 0 Å². The number of fused-ring (bicyclic) bond motifs is 1. The van der Waals surface area contributed by atoms with Gasteiger partial charge in [0.05, 0.1) is 0 Å². The summed E-state index contributed by atoms with van der Waals surface area (Å²) in [6.45, 7) is 7.95. The number of nitrogens with zero attached hydrogens (tertiary/aromatic N) is 2. The maximum Gasteiger partial charge on any atom is 0.191 e. The number of nitrogens with one attached hydrogen (secondary N) is 2. The minimum Gasteiger partial charge on any atom is -0.459 e. The van der Waals surface area contributed by atoms with E-state index in [0.29, 0.717) is 6.54 Å². The summed E-state index contributed by atoms with van der Waals surface area (Å²) in [5.41, 5.74) is 0.922. The minimum absolute atomic E-state index is 0.549. The minimum atomic E-state index is 0.549. The van der Waals surface area contributed by atoms with Gasteiger partial charge < -0.3 is 20.0 Å². The van der Waals surface area contributed by atoms with Crippen molar-refractivity contribution in [2.75, 3.05) is 32.7 Å². The number of guanidine groups is 1. The Balaban J connectivity index is 1.52. The standard InChI is InChI=1S/C19H28N4O/c1-2-20-19(21-10-13-23-11-6-3-7-12-23)22-15-17-14-16-8-4-5-9-18(16)24-17/h4-5,8-9,14H,2-3,6-7,10-13,15H2,1H3,(H2,20,21,22). The Morgan fingerprint density at radius 3 is 2.79 bits per heavy atom. The Bertz CT molecular complexity index is 625. The number of piperidine rings is 1. The molecule has 0 bridgehead atoms. The molecular formula is C19H28N4O. The molecule has 1 fully saturated rings. The van der Waals surface area contributed by atoms with Crippen LogP contribution >= 0.6 is 0 Å². The molecule has 0 radical (unpaired) electrons. The Labute approximate surface area is 144 Å². The third kappa shape index (κ3) is 4.74. The van der Waals surface area contributed by atoms with E-state index in [0.717, 1.165) is 42.3 Å². The van der Waals surface area contributed by atoms with E-state index in [4.69, 9.17) is 4.42 Å². The average molecular weight is 328 g/mol. The molecule has 130 valence electrons. The van der Waals surface area contributed by atoms with Gasteiger partial charge in [0.2, 0.25) is 0 Å². The quantitative estimate of drug-likeness (QED) is 0.632. The molecule has 2 N–H and O–H groups in total. The topological polar surface area (TPSA) is 52.8 Å². The number of rotatable bonds is 6. The predicted molar refractivity (Wildman–Crippen MR) is 99.3 cm³/mol. The molecule has 2 aromatic rings. The van der Waals surface area contributed by atoms with Gasteiger partial charge in [0.25, 0.3) is 0 Å². The fourth-order valence-electron chi connectivity index (χ4n) is 3.13. The highest BCUT2D eigenvalue weighted by molar-refractivity contribution is 5.80. The molecule has 24 heavy (non-hydrogen) atoms. The van der Waals surface area contributed by atoms with Crippen molar-refractivity contribution >= 4 is 16.9 Å². The normalized spacial score (nSPS) is 16.5. The second-order valence-corrected chi connectivity index (χ2v) is 6.27. The molecule has 5 heteroatoms. The van der Waals surface area contributed by atoms with Crippen LogP contribution in [0.25, 0.3) is 11.0 Å². The van der Waals surface area contributed by atoms with Crippen LogP contribution < -0.4 is 10.6 Å². The van der Waals surface area contributed by atoms with Gasteiger partial charge in [0.1, 0.15) is 17.9 Å². The zero-order valence-electron chi connectivity index (χ0n) is 14.6. The first-order valence-electron chi connectivity index (χ1n) is 9.07. The number of likely N-dealkylation sites (tertiary alicyclic amines) is 1. The Morgan fingerprint density at radius 2 is 2.00 bits per heavy atom. The van der Waals surface area contributed by atoms with Crippen LogP contribution in [0.4, 0.5) is 0 Å². The zero-order chi connectivity index (χ0) is 16.6. The van der Waals surface area contributed by atoms with E-state index in [9.17, 15) is 0 Å². The van der Waals surface area contributed by atoms with Gasteiger partial charge in [-0.1, -0.05) is 24.6 Å². The van der Waals surface area contributed by atoms with Crippen LogP contribution in [-0.2, 0) is 6.54 Å². The van der Waals surface area contributed by atoms with Crippen molar-refractivity contribution < 1.29 is 4.42 Å². The summed E-state index contributed by atoms with van der Waals surface area (Å²) in [5.74, 6) is 1.75. The highest BCUT2D eigenvalue weighted by atomic mass is 16.3. The summed E-state index contributed by atoms with van der Waals surface area (Å²) >= 11 is 0. The highest BCUT2D eigenvalue weighted by Crippen LogP contribution is 2.19. The number of furan rings is 1.